The first-order valence-corrected chi connectivity index (χ1v) is 15.8. The average Bonchev–Trinajstić information content (AvgIpc) is 3.29. The summed E-state index contributed by atoms with van der Waals surface area (Å²) in [5.41, 5.74) is 0.0859. The van der Waals surface area contributed by atoms with E-state index < -0.39 is 67.7 Å². The van der Waals surface area contributed by atoms with Gasteiger partial charge in [-0.2, -0.15) is 26.7 Å². The molecule has 0 unspecified atom stereocenters. The van der Waals surface area contributed by atoms with E-state index in [1.165, 1.54) is 31.2 Å². The first-order valence-electron chi connectivity index (χ1n) is 13.3. The van der Waals surface area contributed by atoms with Crippen molar-refractivity contribution in [1.82, 2.24) is 10.3 Å². The van der Waals surface area contributed by atoms with Gasteiger partial charge in [-0.3, -0.25) is 33.4 Å². The van der Waals surface area contributed by atoms with Crippen LogP contribution in [0.5, 0.6) is 0 Å². The summed E-state index contributed by atoms with van der Waals surface area (Å²) in [4.78, 5) is 58.9. The van der Waals surface area contributed by atoms with E-state index in [1.54, 1.807) is 0 Å². The number of halogens is 3. The molecule has 0 saturated heterocycles. The molecule has 0 spiro atoms. The summed E-state index contributed by atoms with van der Waals surface area (Å²) in [5, 5.41) is 15.0. The van der Waals surface area contributed by atoms with Crippen molar-refractivity contribution in [3.05, 3.63) is 65.2 Å². The number of thioether (sulfide) groups is 1. The summed E-state index contributed by atoms with van der Waals surface area (Å²) in [6.07, 6.45) is -1.12. The number of aliphatic carboxylic acids is 1. The lowest BCUT2D eigenvalue weighted by Gasteiger charge is -2.14. The molecule has 0 aliphatic carbocycles. The maximum absolute atomic E-state index is 13.6. The fourth-order valence-electron chi connectivity index (χ4n) is 4.11. The number of carboxylic acids is 1. The van der Waals surface area contributed by atoms with E-state index in [1.807, 2.05) is 5.43 Å². The van der Waals surface area contributed by atoms with Crippen molar-refractivity contribution in [2.75, 3.05) is 17.6 Å². The second-order valence-electron chi connectivity index (χ2n) is 9.74. The SMILES string of the molecule is C/C(=N\NC(=O)c1ccc(NC(=O)CCCCCN2C(=O)C=CC2=O)cc1S(=O)(=O)O)c1ccc(SCC(=O)O)c(C(F)(F)F)c1. The minimum Gasteiger partial charge on any atom is -0.481 e. The zero-order valence-electron chi connectivity index (χ0n) is 24.0. The van der Waals surface area contributed by atoms with Gasteiger partial charge in [0.15, 0.2) is 0 Å². The molecule has 0 aromatic heterocycles. The largest absolute Gasteiger partial charge is 0.481 e. The van der Waals surface area contributed by atoms with Crippen LogP contribution in [0.4, 0.5) is 18.9 Å². The number of carbonyl (C=O) groups excluding carboxylic acids is 4. The molecule has 1 heterocycles. The summed E-state index contributed by atoms with van der Waals surface area (Å²) >= 11 is 0.477. The van der Waals surface area contributed by atoms with Crippen molar-refractivity contribution in [1.29, 1.82) is 0 Å². The van der Waals surface area contributed by atoms with Crippen LogP contribution < -0.4 is 10.7 Å². The van der Waals surface area contributed by atoms with E-state index in [9.17, 15) is 50.1 Å². The van der Waals surface area contributed by atoms with Crippen molar-refractivity contribution in [2.45, 2.75) is 48.6 Å². The van der Waals surface area contributed by atoms with Crippen molar-refractivity contribution < 1.29 is 55.2 Å². The molecule has 246 valence electrons. The molecule has 13 nitrogen and oxygen atoms in total. The van der Waals surface area contributed by atoms with Gasteiger partial charge in [0, 0.05) is 35.7 Å². The molecule has 0 fully saturated rings. The summed E-state index contributed by atoms with van der Waals surface area (Å²) in [6.45, 7) is 1.47. The van der Waals surface area contributed by atoms with Crippen LogP contribution in [0.3, 0.4) is 0 Å². The van der Waals surface area contributed by atoms with E-state index in [-0.39, 0.29) is 34.8 Å². The van der Waals surface area contributed by atoms with Crippen molar-refractivity contribution >= 4 is 62.9 Å². The summed E-state index contributed by atoms with van der Waals surface area (Å²) < 4.78 is 74.6. The summed E-state index contributed by atoms with van der Waals surface area (Å²) in [6, 6.07) is 6.06. The minimum atomic E-state index is -5.00. The standard InChI is InChI=1S/C28H27F3N4O9S2/c1-16(17-6-9-21(45-15-26(39)40)20(13-17)28(29,30)31)33-34-27(41)19-8-7-18(14-22(19)46(42,43)44)32-23(36)5-3-2-4-12-35-24(37)10-11-25(35)38/h6-11,13-14H,2-5,12,15H2,1H3,(H,32,36)(H,34,41)(H,39,40)(H,42,43,44)/b33-16+. The van der Waals surface area contributed by atoms with Gasteiger partial charge < -0.3 is 10.4 Å². The van der Waals surface area contributed by atoms with Crippen LogP contribution in [-0.2, 0) is 35.5 Å². The van der Waals surface area contributed by atoms with E-state index in [0.717, 1.165) is 29.2 Å². The number of unbranched alkanes of at least 4 members (excludes halogenated alkanes) is 2. The number of benzene rings is 2. The predicted octanol–water partition coefficient (Wildman–Crippen LogP) is 3.71. The lowest BCUT2D eigenvalue weighted by molar-refractivity contribution is -0.140. The predicted molar refractivity (Wildman–Crippen MR) is 159 cm³/mol. The van der Waals surface area contributed by atoms with Gasteiger partial charge in [0.05, 0.1) is 22.6 Å². The highest BCUT2D eigenvalue weighted by molar-refractivity contribution is 8.00. The first kappa shape index (κ1) is 35.9. The lowest BCUT2D eigenvalue weighted by atomic mass is 10.1. The third-order valence-corrected chi connectivity index (χ3v) is 8.30. The van der Waals surface area contributed by atoms with Gasteiger partial charge >= 0.3 is 12.1 Å². The molecule has 2 aromatic rings. The van der Waals surface area contributed by atoms with E-state index in [0.29, 0.717) is 31.0 Å². The minimum absolute atomic E-state index is 0.00680. The number of anilines is 1. The second-order valence-corrected chi connectivity index (χ2v) is 12.1. The van der Waals surface area contributed by atoms with Gasteiger partial charge in [-0.25, -0.2) is 5.43 Å². The van der Waals surface area contributed by atoms with Gasteiger partial charge in [0.1, 0.15) is 4.90 Å². The number of rotatable bonds is 14. The monoisotopic (exact) mass is 684 g/mol. The normalized spacial score (nSPS) is 13.7. The molecule has 0 bridgehead atoms. The number of nitrogens with zero attached hydrogens (tertiary/aromatic N) is 2. The quantitative estimate of drug-likeness (QED) is 0.0568. The second kappa shape index (κ2) is 15.2. The molecule has 0 atom stereocenters. The Morgan fingerprint density at radius 2 is 1.67 bits per heavy atom. The third kappa shape index (κ3) is 9.98. The van der Waals surface area contributed by atoms with Gasteiger partial charge in [0.25, 0.3) is 27.8 Å². The highest BCUT2D eigenvalue weighted by atomic mass is 32.2. The molecule has 18 heteroatoms. The smallest absolute Gasteiger partial charge is 0.417 e. The highest BCUT2D eigenvalue weighted by Crippen LogP contribution is 2.37. The van der Waals surface area contributed by atoms with Crippen LogP contribution in [0.2, 0.25) is 0 Å². The van der Waals surface area contributed by atoms with Gasteiger partial charge in [-0.05, 0) is 55.7 Å². The van der Waals surface area contributed by atoms with Crippen molar-refractivity contribution in [2.24, 2.45) is 5.10 Å². The summed E-state index contributed by atoms with van der Waals surface area (Å²) in [7, 11) is -5.00. The highest BCUT2D eigenvalue weighted by Gasteiger charge is 2.34. The van der Waals surface area contributed by atoms with E-state index >= 15 is 0 Å². The Kier molecular flexibility index (Phi) is 11.8. The van der Waals surface area contributed by atoms with Gasteiger partial charge in [0.2, 0.25) is 5.91 Å². The van der Waals surface area contributed by atoms with E-state index in [2.05, 4.69) is 10.4 Å². The molecule has 3 rings (SSSR count). The Labute approximate surface area is 264 Å². The zero-order chi connectivity index (χ0) is 34.2. The molecule has 4 N–H and O–H groups in total. The molecular formula is C28H27F3N4O9S2. The number of carbonyl (C=O) groups is 5. The van der Waals surface area contributed by atoms with Crippen LogP contribution >= 0.6 is 11.8 Å². The van der Waals surface area contributed by atoms with E-state index in [4.69, 9.17) is 5.11 Å². The molecule has 46 heavy (non-hydrogen) atoms. The number of hydrogen-bond acceptors (Lipinski definition) is 9. The molecule has 4 amide bonds. The Morgan fingerprint density at radius 1 is 1.00 bits per heavy atom. The molecular weight excluding hydrogens is 657 g/mol. The Morgan fingerprint density at radius 3 is 2.28 bits per heavy atom. The van der Waals surface area contributed by atoms with Crippen molar-refractivity contribution in [3.8, 4) is 0 Å². The topological polar surface area (TPSA) is 200 Å². The Bertz CT molecular complexity index is 1710. The maximum Gasteiger partial charge on any atom is 0.417 e. The number of hydrazone groups is 1. The van der Waals surface area contributed by atoms with Crippen LogP contribution in [0.15, 0.2) is 63.4 Å². The third-order valence-electron chi connectivity index (χ3n) is 6.35. The number of amides is 4. The number of nitrogens with one attached hydrogen (secondary N) is 2. The molecule has 2 aromatic carbocycles. The first-order chi connectivity index (χ1) is 21.5. The summed E-state index contributed by atoms with van der Waals surface area (Å²) in [5.74, 6) is -4.37. The Balaban J connectivity index is 1.66. The maximum atomic E-state index is 13.6. The molecule has 0 saturated carbocycles. The van der Waals surface area contributed by atoms with Crippen LogP contribution in [0, 0.1) is 0 Å². The zero-order valence-corrected chi connectivity index (χ0v) is 25.6. The number of carboxylic acid groups (broad SMARTS) is 1. The van der Waals surface area contributed by atoms with Crippen LogP contribution in [0.25, 0.3) is 0 Å². The molecule has 1 aliphatic rings. The fraction of sp³-hybridized carbons (Fsp3) is 0.286. The number of alkyl halides is 3. The molecule has 0 radical (unpaired) electrons. The number of imide groups is 1. The van der Waals surface area contributed by atoms with Gasteiger partial charge in [-0.1, -0.05) is 12.5 Å². The number of hydrogen-bond donors (Lipinski definition) is 4. The fourth-order valence-corrected chi connectivity index (χ4v) is 5.60. The van der Waals surface area contributed by atoms with Crippen LogP contribution in [0.1, 0.15) is 54.1 Å². The Hall–Kier alpha value is -4.55. The average molecular weight is 685 g/mol. The molecule has 1 aliphatic heterocycles. The van der Waals surface area contributed by atoms with Crippen molar-refractivity contribution in [3.63, 3.8) is 0 Å². The lowest BCUT2D eigenvalue weighted by Crippen LogP contribution is -2.30. The van der Waals surface area contributed by atoms with Crippen LogP contribution in [-0.4, -0.2) is 70.6 Å². The van der Waals surface area contributed by atoms with Gasteiger partial charge in [-0.15, -0.1) is 11.8 Å².